The molecule has 0 radical (unpaired) electrons. The molecule has 20 heavy (non-hydrogen) atoms. The predicted octanol–water partition coefficient (Wildman–Crippen LogP) is 4.17. The van der Waals surface area contributed by atoms with Crippen LogP contribution in [0.5, 0.6) is 0 Å². The molecule has 4 rings (SSSR count). The summed E-state index contributed by atoms with van der Waals surface area (Å²) in [6, 6.07) is 15.9. The number of benzene rings is 2. The minimum absolute atomic E-state index is 0.0692. The van der Waals surface area contributed by atoms with Crippen molar-refractivity contribution in [3.63, 3.8) is 0 Å². The van der Waals surface area contributed by atoms with Crippen LogP contribution in [-0.2, 0) is 17.4 Å². The minimum atomic E-state index is 0.0692. The van der Waals surface area contributed by atoms with Crippen molar-refractivity contribution in [2.75, 3.05) is 11.9 Å². The normalized spacial score (nSPS) is 30.1. The lowest BCUT2D eigenvalue weighted by Crippen LogP contribution is -2.47. The Bertz CT molecular complexity index is 717. The lowest BCUT2D eigenvalue weighted by Gasteiger charge is -2.41. The van der Waals surface area contributed by atoms with Gasteiger partial charge in [-0.05, 0) is 43.0 Å². The molecule has 1 heteroatoms. The van der Waals surface area contributed by atoms with Gasteiger partial charge in [0, 0.05) is 18.2 Å². The van der Waals surface area contributed by atoms with Gasteiger partial charge >= 0.3 is 0 Å². The highest BCUT2D eigenvalue weighted by atomic mass is 15.2. The molecule has 1 nitrogen and oxygen atoms in total. The number of rotatable bonds is 0. The van der Waals surface area contributed by atoms with Gasteiger partial charge < -0.3 is 4.90 Å². The third kappa shape index (κ3) is 1.11. The summed E-state index contributed by atoms with van der Waals surface area (Å²) in [5.74, 6) is 0. The van der Waals surface area contributed by atoms with Gasteiger partial charge in [-0.25, -0.2) is 0 Å². The molecule has 0 bridgehead atoms. The van der Waals surface area contributed by atoms with Crippen LogP contribution in [0.1, 0.15) is 36.1 Å². The Hall–Kier alpha value is -1.76. The van der Waals surface area contributed by atoms with E-state index in [4.69, 9.17) is 0 Å². The fourth-order valence-electron chi connectivity index (χ4n) is 4.53. The summed E-state index contributed by atoms with van der Waals surface area (Å²) in [4.78, 5) is 2.49. The fraction of sp³-hybridized carbons (Fsp3) is 0.368. The summed E-state index contributed by atoms with van der Waals surface area (Å²) >= 11 is 0. The number of nitrogens with zero attached hydrogens (tertiary/aromatic N) is 1. The molecule has 0 amide bonds. The van der Waals surface area contributed by atoms with E-state index in [-0.39, 0.29) is 11.0 Å². The molecule has 0 N–H and O–H groups in total. The molecular weight excluding hydrogens is 242 g/mol. The predicted molar refractivity (Wildman–Crippen MR) is 84.4 cm³/mol. The number of hydrogen-bond acceptors (Lipinski definition) is 1. The Labute approximate surface area is 121 Å². The first-order valence-electron chi connectivity index (χ1n) is 7.42. The lowest BCUT2D eigenvalue weighted by molar-refractivity contribution is 0.305. The molecule has 0 spiro atoms. The Morgan fingerprint density at radius 2 is 1.75 bits per heavy atom. The Balaban J connectivity index is 2.04. The van der Waals surface area contributed by atoms with Gasteiger partial charge in [0.15, 0.2) is 0 Å². The van der Waals surface area contributed by atoms with Crippen LogP contribution < -0.4 is 4.90 Å². The summed E-state index contributed by atoms with van der Waals surface area (Å²) in [6.07, 6.45) is 1.14. The highest BCUT2D eigenvalue weighted by Gasteiger charge is 2.60. The van der Waals surface area contributed by atoms with Crippen LogP contribution in [0.25, 0.3) is 0 Å². The summed E-state index contributed by atoms with van der Waals surface area (Å²) in [7, 11) is 2.25. The molecule has 2 aliphatic rings. The van der Waals surface area contributed by atoms with E-state index in [1.54, 1.807) is 0 Å². The van der Waals surface area contributed by atoms with Crippen LogP contribution in [0, 0.1) is 6.92 Å². The van der Waals surface area contributed by atoms with E-state index in [2.05, 4.69) is 75.2 Å². The number of fused-ring (bicyclic) bond motifs is 5. The number of hydrogen-bond donors (Lipinski definition) is 0. The van der Waals surface area contributed by atoms with E-state index < -0.39 is 0 Å². The minimum Gasteiger partial charge on any atom is -0.364 e. The highest BCUT2D eigenvalue weighted by Crippen LogP contribution is 2.61. The molecule has 1 heterocycles. The largest absolute Gasteiger partial charge is 0.364 e. The van der Waals surface area contributed by atoms with Crippen molar-refractivity contribution in [1.29, 1.82) is 0 Å². The highest BCUT2D eigenvalue weighted by molar-refractivity contribution is 5.71. The molecule has 0 saturated heterocycles. The molecule has 1 aliphatic carbocycles. The van der Waals surface area contributed by atoms with Gasteiger partial charge in [-0.15, -0.1) is 0 Å². The van der Waals surface area contributed by atoms with Crippen LogP contribution >= 0.6 is 0 Å². The molecule has 0 aromatic heterocycles. The van der Waals surface area contributed by atoms with Crippen molar-refractivity contribution in [3.8, 4) is 0 Å². The van der Waals surface area contributed by atoms with Crippen molar-refractivity contribution >= 4 is 5.69 Å². The van der Waals surface area contributed by atoms with E-state index in [0.717, 1.165) is 6.42 Å². The maximum absolute atomic E-state index is 2.49. The monoisotopic (exact) mass is 263 g/mol. The van der Waals surface area contributed by atoms with Crippen LogP contribution in [-0.4, -0.2) is 7.05 Å². The van der Waals surface area contributed by atoms with Gasteiger partial charge in [-0.2, -0.15) is 0 Å². The van der Waals surface area contributed by atoms with Gasteiger partial charge in [0.1, 0.15) is 0 Å². The average molecular weight is 263 g/mol. The molecule has 102 valence electrons. The quantitative estimate of drug-likeness (QED) is 0.689. The smallest absolute Gasteiger partial charge is 0.0722 e. The van der Waals surface area contributed by atoms with Crippen LogP contribution in [0.4, 0.5) is 5.69 Å². The van der Waals surface area contributed by atoms with Gasteiger partial charge in [-0.3, -0.25) is 0 Å². The van der Waals surface area contributed by atoms with Gasteiger partial charge in [0.2, 0.25) is 0 Å². The first-order valence-corrected chi connectivity index (χ1v) is 7.42. The van der Waals surface area contributed by atoms with E-state index in [1.165, 1.54) is 27.9 Å². The molecule has 0 saturated carbocycles. The second kappa shape index (κ2) is 3.46. The van der Waals surface area contributed by atoms with Crippen LogP contribution in [0.15, 0.2) is 42.5 Å². The van der Waals surface area contributed by atoms with Gasteiger partial charge in [0.25, 0.3) is 0 Å². The van der Waals surface area contributed by atoms with E-state index in [9.17, 15) is 0 Å². The number of anilines is 1. The fourth-order valence-corrected chi connectivity index (χ4v) is 4.53. The topological polar surface area (TPSA) is 3.24 Å². The molecule has 1 aliphatic heterocycles. The van der Waals surface area contributed by atoms with Gasteiger partial charge in [-0.1, -0.05) is 48.9 Å². The third-order valence-electron chi connectivity index (χ3n) is 5.94. The van der Waals surface area contributed by atoms with Crippen molar-refractivity contribution in [3.05, 3.63) is 64.7 Å². The zero-order chi connectivity index (χ0) is 14.1. The SMILES string of the molecule is Cc1ccc2c(c1)[C@@]1(C)Cc3ccccc3[C@@]1(C)N2C. The average Bonchev–Trinajstić information content (AvgIpc) is 2.76. The second-order valence-corrected chi connectivity index (χ2v) is 6.82. The van der Waals surface area contributed by atoms with Crippen molar-refractivity contribution < 1.29 is 0 Å². The zero-order valence-corrected chi connectivity index (χ0v) is 12.7. The van der Waals surface area contributed by atoms with Crippen LogP contribution in [0.3, 0.4) is 0 Å². The summed E-state index contributed by atoms with van der Waals surface area (Å²) in [5.41, 5.74) is 7.52. The molecular formula is C19H21N. The summed E-state index contributed by atoms with van der Waals surface area (Å²) in [5, 5.41) is 0. The second-order valence-electron chi connectivity index (χ2n) is 6.82. The van der Waals surface area contributed by atoms with E-state index in [0.29, 0.717) is 0 Å². The van der Waals surface area contributed by atoms with Crippen molar-refractivity contribution in [2.45, 2.75) is 38.1 Å². The first kappa shape index (κ1) is 12.0. The van der Waals surface area contributed by atoms with Gasteiger partial charge in [0.05, 0.1) is 5.54 Å². The molecule has 2 aromatic carbocycles. The van der Waals surface area contributed by atoms with E-state index in [1.807, 2.05) is 0 Å². The standard InChI is InChI=1S/C19H21N/c1-13-9-10-17-16(11-13)18(2)12-14-7-5-6-8-15(14)19(18,3)20(17)4/h5-11H,12H2,1-4H3/t18-,19-/m1/s1. The molecule has 0 fully saturated rings. The first-order chi connectivity index (χ1) is 9.48. The van der Waals surface area contributed by atoms with Crippen molar-refractivity contribution in [2.24, 2.45) is 0 Å². The maximum atomic E-state index is 2.49. The van der Waals surface area contributed by atoms with Crippen LogP contribution in [0.2, 0.25) is 0 Å². The maximum Gasteiger partial charge on any atom is 0.0722 e. The molecule has 2 atom stereocenters. The zero-order valence-electron chi connectivity index (χ0n) is 12.7. The Morgan fingerprint density at radius 3 is 2.55 bits per heavy atom. The number of likely N-dealkylation sites (N-methyl/N-ethyl adjacent to an activating group) is 1. The molecule has 2 aromatic rings. The van der Waals surface area contributed by atoms with Crippen molar-refractivity contribution in [1.82, 2.24) is 0 Å². The summed E-state index contributed by atoms with van der Waals surface area (Å²) < 4.78 is 0. The molecule has 0 unspecified atom stereocenters. The Kier molecular flexibility index (Phi) is 2.08. The van der Waals surface area contributed by atoms with E-state index >= 15 is 0 Å². The number of aryl methyl sites for hydroxylation is 1. The summed E-state index contributed by atoms with van der Waals surface area (Å²) in [6.45, 7) is 7.05. The third-order valence-corrected chi connectivity index (χ3v) is 5.94. The Morgan fingerprint density at radius 1 is 1.00 bits per heavy atom. The lowest BCUT2D eigenvalue weighted by atomic mass is 9.70.